The lowest BCUT2D eigenvalue weighted by Crippen LogP contribution is -2.20. The molecule has 0 saturated heterocycles. The van der Waals surface area contributed by atoms with Crippen molar-refractivity contribution < 1.29 is 23.1 Å². The van der Waals surface area contributed by atoms with Gasteiger partial charge in [0.2, 0.25) is 0 Å². The van der Waals surface area contributed by atoms with Gasteiger partial charge >= 0.3 is 12.1 Å². The van der Waals surface area contributed by atoms with Crippen LogP contribution in [0.25, 0.3) is 0 Å². The highest BCUT2D eigenvalue weighted by molar-refractivity contribution is 5.67. The first-order valence-electron chi connectivity index (χ1n) is 6.67. The number of alkyl halides is 3. The lowest BCUT2D eigenvalue weighted by Gasteiger charge is -2.18. The predicted molar refractivity (Wildman–Crippen MR) is 72.9 cm³/mol. The van der Waals surface area contributed by atoms with E-state index in [9.17, 15) is 18.0 Å². The van der Waals surface area contributed by atoms with Crippen molar-refractivity contribution in [3.63, 3.8) is 0 Å². The number of nitrogens with one attached hydrogen (secondary N) is 1. The fourth-order valence-electron chi connectivity index (χ4n) is 2.07. The highest BCUT2D eigenvalue weighted by atomic mass is 19.4. The molecule has 1 unspecified atom stereocenters. The van der Waals surface area contributed by atoms with Crippen LogP contribution in [0.5, 0.6) is 0 Å². The number of aliphatic carboxylic acids is 1. The second kappa shape index (κ2) is 7.28. The minimum Gasteiger partial charge on any atom is -0.481 e. The lowest BCUT2D eigenvalue weighted by molar-refractivity contribution is -0.138. The molecule has 0 fully saturated rings. The van der Waals surface area contributed by atoms with Gasteiger partial charge in [-0.15, -0.1) is 0 Å². The standard InChI is InChI=1S/C14H19F3N2O2/c1-9(2)5-10(6-13(20)21)7-18-12-4-3-11(8-19-12)14(15,16)17/h3-4,8-10H,5-7H2,1-2H3,(H,18,19)(H,20,21). The van der Waals surface area contributed by atoms with Crippen molar-refractivity contribution in [2.75, 3.05) is 11.9 Å². The molecule has 1 heterocycles. The molecule has 0 aliphatic heterocycles. The van der Waals surface area contributed by atoms with E-state index in [0.717, 1.165) is 18.7 Å². The third-order valence-electron chi connectivity index (χ3n) is 2.93. The van der Waals surface area contributed by atoms with Crippen LogP contribution in [0.4, 0.5) is 19.0 Å². The summed E-state index contributed by atoms with van der Waals surface area (Å²) in [6.07, 6.45) is -2.91. The Labute approximate surface area is 121 Å². The Hall–Kier alpha value is -1.79. The summed E-state index contributed by atoms with van der Waals surface area (Å²) in [5.41, 5.74) is -0.808. The van der Waals surface area contributed by atoms with Gasteiger partial charge < -0.3 is 10.4 Å². The topological polar surface area (TPSA) is 62.2 Å². The van der Waals surface area contributed by atoms with Crippen LogP contribution in [0.1, 0.15) is 32.3 Å². The first kappa shape index (κ1) is 17.3. The molecule has 1 aromatic rings. The number of hydrogen-bond donors (Lipinski definition) is 2. The maximum Gasteiger partial charge on any atom is 0.417 e. The SMILES string of the molecule is CC(C)CC(CNc1ccc(C(F)(F)F)cn1)CC(=O)O. The minimum absolute atomic E-state index is 0.0197. The predicted octanol–water partition coefficient (Wildman–Crippen LogP) is 3.65. The third-order valence-corrected chi connectivity index (χ3v) is 2.93. The number of hydrogen-bond acceptors (Lipinski definition) is 3. The zero-order valence-electron chi connectivity index (χ0n) is 11.9. The van der Waals surface area contributed by atoms with Crippen LogP contribution in [0.15, 0.2) is 18.3 Å². The molecule has 4 nitrogen and oxygen atoms in total. The average Bonchev–Trinajstić information content (AvgIpc) is 2.34. The van der Waals surface area contributed by atoms with E-state index in [1.54, 1.807) is 0 Å². The van der Waals surface area contributed by atoms with Gasteiger partial charge in [-0.25, -0.2) is 4.98 Å². The molecule has 0 saturated carbocycles. The van der Waals surface area contributed by atoms with Crippen LogP contribution in [-0.2, 0) is 11.0 Å². The monoisotopic (exact) mass is 304 g/mol. The summed E-state index contributed by atoms with van der Waals surface area (Å²) < 4.78 is 37.2. The molecule has 0 bridgehead atoms. The zero-order chi connectivity index (χ0) is 16.0. The molecule has 0 aliphatic rings. The van der Waals surface area contributed by atoms with Crippen LogP contribution in [-0.4, -0.2) is 22.6 Å². The summed E-state index contributed by atoms with van der Waals surface area (Å²) in [6.45, 7) is 4.35. The van der Waals surface area contributed by atoms with Crippen LogP contribution in [0.3, 0.4) is 0 Å². The van der Waals surface area contributed by atoms with Crippen LogP contribution >= 0.6 is 0 Å². The quantitative estimate of drug-likeness (QED) is 0.807. The van der Waals surface area contributed by atoms with Gasteiger partial charge in [-0.3, -0.25) is 4.79 Å². The fraction of sp³-hybridized carbons (Fsp3) is 0.571. The van der Waals surface area contributed by atoms with E-state index in [1.807, 2.05) is 13.8 Å². The Bertz CT molecular complexity index is 458. The van der Waals surface area contributed by atoms with Gasteiger partial charge in [0.15, 0.2) is 0 Å². The largest absolute Gasteiger partial charge is 0.481 e. The second-order valence-electron chi connectivity index (χ2n) is 5.40. The molecule has 0 spiro atoms. The number of aromatic nitrogens is 1. The van der Waals surface area contributed by atoms with Gasteiger partial charge in [-0.05, 0) is 30.4 Å². The summed E-state index contributed by atoms with van der Waals surface area (Å²) in [4.78, 5) is 14.5. The van der Waals surface area contributed by atoms with E-state index in [-0.39, 0.29) is 12.3 Å². The smallest absolute Gasteiger partial charge is 0.417 e. The summed E-state index contributed by atoms with van der Waals surface area (Å²) in [5.74, 6) is -0.326. The van der Waals surface area contributed by atoms with Crippen LogP contribution < -0.4 is 5.32 Å². The van der Waals surface area contributed by atoms with Crippen molar-refractivity contribution in [1.29, 1.82) is 0 Å². The maximum atomic E-state index is 12.4. The van der Waals surface area contributed by atoms with Crippen molar-refractivity contribution >= 4 is 11.8 Å². The molecule has 1 atom stereocenters. The minimum atomic E-state index is -4.41. The van der Waals surface area contributed by atoms with E-state index in [4.69, 9.17) is 5.11 Å². The molecule has 7 heteroatoms. The Morgan fingerprint density at radius 3 is 2.48 bits per heavy atom. The highest BCUT2D eigenvalue weighted by Gasteiger charge is 2.30. The molecular weight excluding hydrogens is 285 g/mol. The number of pyridine rings is 1. The second-order valence-corrected chi connectivity index (χ2v) is 5.40. The average molecular weight is 304 g/mol. The van der Waals surface area contributed by atoms with Crippen molar-refractivity contribution in [2.24, 2.45) is 11.8 Å². The summed E-state index contributed by atoms with van der Waals surface area (Å²) in [5, 5.41) is 11.7. The van der Waals surface area contributed by atoms with Crippen molar-refractivity contribution in [2.45, 2.75) is 32.9 Å². The van der Waals surface area contributed by atoms with Gasteiger partial charge in [-0.1, -0.05) is 13.8 Å². The first-order chi connectivity index (χ1) is 9.68. The number of carboxylic acid groups (broad SMARTS) is 1. The van der Waals surface area contributed by atoms with Crippen LogP contribution in [0, 0.1) is 11.8 Å². The van der Waals surface area contributed by atoms with Gasteiger partial charge in [0.1, 0.15) is 5.82 Å². The van der Waals surface area contributed by atoms with Gasteiger partial charge in [-0.2, -0.15) is 13.2 Å². The molecule has 1 aromatic heterocycles. The Morgan fingerprint density at radius 1 is 1.38 bits per heavy atom. The molecule has 0 aromatic carbocycles. The molecule has 0 radical (unpaired) electrons. The number of halogens is 3. The van der Waals surface area contributed by atoms with E-state index >= 15 is 0 Å². The molecule has 21 heavy (non-hydrogen) atoms. The van der Waals surface area contributed by atoms with Gasteiger partial charge in [0.05, 0.1) is 5.56 Å². The van der Waals surface area contributed by atoms with E-state index in [2.05, 4.69) is 10.3 Å². The number of anilines is 1. The maximum absolute atomic E-state index is 12.4. The third kappa shape index (κ3) is 6.46. The highest BCUT2D eigenvalue weighted by Crippen LogP contribution is 2.28. The van der Waals surface area contributed by atoms with Crippen LogP contribution in [0.2, 0.25) is 0 Å². The molecular formula is C14H19F3N2O2. The van der Waals surface area contributed by atoms with E-state index in [1.165, 1.54) is 6.07 Å². The van der Waals surface area contributed by atoms with Crippen molar-refractivity contribution in [3.05, 3.63) is 23.9 Å². The van der Waals surface area contributed by atoms with Crippen molar-refractivity contribution in [1.82, 2.24) is 4.98 Å². The summed E-state index contributed by atoms with van der Waals surface area (Å²) in [6, 6.07) is 2.19. The number of rotatable bonds is 7. The number of carboxylic acids is 1. The van der Waals surface area contributed by atoms with Gasteiger partial charge in [0, 0.05) is 19.2 Å². The van der Waals surface area contributed by atoms with E-state index < -0.39 is 17.7 Å². The zero-order valence-corrected chi connectivity index (χ0v) is 11.9. The molecule has 2 N–H and O–H groups in total. The summed E-state index contributed by atoms with van der Waals surface area (Å²) >= 11 is 0. The molecule has 118 valence electrons. The fourth-order valence-corrected chi connectivity index (χ4v) is 2.07. The number of carbonyl (C=O) groups is 1. The normalized spacial score (nSPS) is 13.2. The number of nitrogens with zero attached hydrogens (tertiary/aromatic N) is 1. The van der Waals surface area contributed by atoms with E-state index in [0.29, 0.717) is 18.3 Å². The van der Waals surface area contributed by atoms with Crippen molar-refractivity contribution in [3.8, 4) is 0 Å². The Balaban J connectivity index is 2.61. The lowest BCUT2D eigenvalue weighted by atomic mass is 9.94. The molecule has 1 rings (SSSR count). The Kier molecular flexibility index (Phi) is 5.99. The Morgan fingerprint density at radius 2 is 2.05 bits per heavy atom. The summed E-state index contributed by atoms with van der Waals surface area (Å²) in [7, 11) is 0. The van der Waals surface area contributed by atoms with Gasteiger partial charge in [0.25, 0.3) is 0 Å². The molecule has 0 aliphatic carbocycles. The first-order valence-corrected chi connectivity index (χ1v) is 6.67. The molecule has 0 amide bonds.